The van der Waals surface area contributed by atoms with E-state index < -0.39 is 0 Å². The predicted octanol–water partition coefficient (Wildman–Crippen LogP) is 2.15. The van der Waals surface area contributed by atoms with Gasteiger partial charge in [0.15, 0.2) is 5.65 Å². The lowest BCUT2D eigenvalue weighted by atomic mass is 10.3. The van der Waals surface area contributed by atoms with Crippen LogP contribution in [0.25, 0.3) is 11.0 Å². The average molecular weight is 270 g/mol. The standard InChI is InChI=1S/C13H14N6O/c1-14-13-17-11(8-7-15-19-12(8)18-13)16-9-5-3-4-6-10(9)20-2/h3-7H,1-2H3,(H3,14,15,16,17,18,19). The van der Waals surface area contributed by atoms with Crippen molar-refractivity contribution in [3.63, 3.8) is 0 Å². The third-order valence-corrected chi connectivity index (χ3v) is 2.89. The molecule has 0 saturated heterocycles. The number of para-hydroxylation sites is 2. The second-order valence-electron chi connectivity index (χ2n) is 4.10. The van der Waals surface area contributed by atoms with Gasteiger partial charge in [-0.15, -0.1) is 0 Å². The molecule has 0 aliphatic heterocycles. The number of fused-ring (bicyclic) bond motifs is 1. The molecule has 1 aromatic carbocycles. The van der Waals surface area contributed by atoms with E-state index in [1.807, 2.05) is 24.3 Å². The Labute approximate surface area is 115 Å². The smallest absolute Gasteiger partial charge is 0.226 e. The normalized spacial score (nSPS) is 10.5. The number of hydrogen-bond acceptors (Lipinski definition) is 6. The summed E-state index contributed by atoms with van der Waals surface area (Å²) in [5, 5.41) is 13.8. The van der Waals surface area contributed by atoms with Gasteiger partial charge in [-0.2, -0.15) is 15.1 Å². The molecule has 7 nitrogen and oxygen atoms in total. The van der Waals surface area contributed by atoms with Crippen LogP contribution in [-0.4, -0.2) is 34.3 Å². The summed E-state index contributed by atoms with van der Waals surface area (Å²) in [5.74, 6) is 1.92. The molecule has 0 aliphatic rings. The fourth-order valence-corrected chi connectivity index (χ4v) is 1.92. The summed E-state index contributed by atoms with van der Waals surface area (Å²) >= 11 is 0. The fraction of sp³-hybridized carbons (Fsp3) is 0.154. The Kier molecular flexibility index (Phi) is 3.08. The van der Waals surface area contributed by atoms with Gasteiger partial charge in [0.1, 0.15) is 11.6 Å². The molecular weight excluding hydrogens is 256 g/mol. The van der Waals surface area contributed by atoms with Gasteiger partial charge in [0.2, 0.25) is 5.95 Å². The minimum absolute atomic E-state index is 0.513. The number of rotatable bonds is 4. The van der Waals surface area contributed by atoms with Crippen LogP contribution < -0.4 is 15.4 Å². The maximum Gasteiger partial charge on any atom is 0.226 e. The molecule has 0 bridgehead atoms. The number of anilines is 3. The minimum atomic E-state index is 0.513. The number of hydrogen-bond donors (Lipinski definition) is 3. The summed E-state index contributed by atoms with van der Waals surface area (Å²) < 4.78 is 5.32. The zero-order valence-electron chi connectivity index (χ0n) is 11.1. The van der Waals surface area contributed by atoms with Gasteiger partial charge in [0, 0.05) is 7.05 Å². The van der Waals surface area contributed by atoms with E-state index in [0.29, 0.717) is 17.4 Å². The fourth-order valence-electron chi connectivity index (χ4n) is 1.92. The van der Waals surface area contributed by atoms with Crippen molar-refractivity contribution in [1.82, 2.24) is 20.2 Å². The molecule has 0 unspecified atom stereocenters. The molecule has 0 amide bonds. The lowest BCUT2D eigenvalue weighted by Gasteiger charge is -2.11. The third-order valence-electron chi connectivity index (χ3n) is 2.89. The number of aromatic nitrogens is 4. The molecule has 0 spiro atoms. The highest BCUT2D eigenvalue weighted by atomic mass is 16.5. The van der Waals surface area contributed by atoms with Crippen molar-refractivity contribution >= 4 is 28.5 Å². The zero-order valence-corrected chi connectivity index (χ0v) is 11.1. The molecule has 0 atom stereocenters. The summed E-state index contributed by atoms with van der Waals surface area (Å²) in [6, 6.07) is 7.65. The highest BCUT2D eigenvalue weighted by Crippen LogP contribution is 2.29. The van der Waals surface area contributed by atoms with Crippen molar-refractivity contribution in [2.45, 2.75) is 0 Å². The molecule has 0 fully saturated rings. The minimum Gasteiger partial charge on any atom is -0.495 e. The number of aromatic amines is 1. The SMILES string of the molecule is CNc1nc(Nc2ccccc2OC)c2cn[nH]c2n1. The van der Waals surface area contributed by atoms with Crippen molar-refractivity contribution in [3.8, 4) is 5.75 Å². The van der Waals surface area contributed by atoms with Crippen LogP contribution in [0, 0.1) is 0 Å². The van der Waals surface area contributed by atoms with Crippen molar-refractivity contribution in [1.29, 1.82) is 0 Å². The first-order valence-electron chi connectivity index (χ1n) is 6.10. The van der Waals surface area contributed by atoms with E-state index in [4.69, 9.17) is 4.74 Å². The van der Waals surface area contributed by atoms with E-state index >= 15 is 0 Å². The Bertz CT molecular complexity index is 739. The monoisotopic (exact) mass is 270 g/mol. The molecule has 3 rings (SSSR count). The van der Waals surface area contributed by atoms with Crippen LogP contribution in [-0.2, 0) is 0 Å². The van der Waals surface area contributed by atoms with Crippen LogP contribution in [0.15, 0.2) is 30.5 Å². The highest BCUT2D eigenvalue weighted by Gasteiger charge is 2.10. The first-order valence-corrected chi connectivity index (χ1v) is 6.10. The summed E-state index contributed by atoms with van der Waals surface area (Å²) in [4.78, 5) is 8.70. The molecule has 0 radical (unpaired) electrons. The Balaban J connectivity index is 2.07. The molecule has 0 saturated carbocycles. The Morgan fingerprint density at radius 1 is 1.20 bits per heavy atom. The van der Waals surface area contributed by atoms with Crippen LogP contribution >= 0.6 is 0 Å². The summed E-state index contributed by atoms with van der Waals surface area (Å²) in [6.07, 6.45) is 1.69. The number of ether oxygens (including phenoxy) is 1. The Morgan fingerprint density at radius 2 is 2.05 bits per heavy atom. The Hall–Kier alpha value is -2.83. The van der Waals surface area contributed by atoms with Gasteiger partial charge in [-0.3, -0.25) is 5.10 Å². The molecule has 3 N–H and O–H groups in total. The van der Waals surface area contributed by atoms with Gasteiger partial charge in [-0.1, -0.05) is 12.1 Å². The van der Waals surface area contributed by atoms with Crippen LogP contribution in [0.2, 0.25) is 0 Å². The number of benzene rings is 1. The zero-order chi connectivity index (χ0) is 13.9. The van der Waals surface area contributed by atoms with E-state index in [2.05, 4.69) is 30.8 Å². The molecule has 102 valence electrons. The molecule has 2 aromatic heterocycles. The van der Waals surface area contributed by atoms with E-state index in [9.17, 15) is 0 Å². The summed E-state index contributed by atoms with van der Waals surface area (Å²) in [5.41, 5.74) is 1.50. The quantitative estimate of drug-likeness (QED) is 0.673. The van der Waals surface area contributed by atoms with Crippen molar-refractivity contribution in [2.75, 3.05) is 24.8 Å². The molecule has 7 heteroatoms. The van der Waals surface area contributed by atoms with E-state index in [1.54, 1.807) is 20.4 Å². The van der Waals surface area contributed by atoms with E-state index in [0.717, 1.165) is 16.8 Å². The predicted molar refractivity (Wildman–Crippen MR) is 77.5 cm³/mol. The van der Waals surface area contributed by atoms with Gasteiger partial charge in [0.25, 0.3) is 0 Å². The Morgan fingerprint density at radius 3 is 2.85 bits per heavy atom. The number of H-pyrrole nitrogens is 1. The summed E-state index contributed by atoms with van der Waals surface area (Å²) in [6.45, 7) is 0. The van der Waals surface area contributed by atoms with Crippen LogP contribution in [0.4, 0.5) is 17.5 Å². The van der Waals surface area contributed by atoms with Gasteiger partial charge in [-0.05, 0) is 12.1 Å². The van der Waals surface area contributed by atoms with Gasteiger partial charge in [0.05, 0.1) is 24.4 Å². The number of nitrogens with one attached hydrogen (secondary N) is 3. The highest BCUT2D eigenvalue weighted by molar-refractivity contribution is 5.89. The molecule has 3 aromatic rings. The maximum absolute atomic E-state index is 5.32. The topological polar surface area (TPSA) is 87.8 Å². The molecular formula is C13H14N6O. The van der Waals surface area contributed by atoms with Crippen molar-refractivity contribution in [2.24, 2.45) is 0 Å². The largest absolute Gasteiger partial charge is 0.495 e. The van der Waals surface area contributed by atoms with Crippen LogP contribution in [0.3, 0.4) is 0 Å². The second kappa shape index (κ2) is 5.04. The first-order chi connectivity index (χ1) is 9.81. The number of methoxy groups -OCH3 is 1. The van der Waals surface area contributed by atoms with Gasteiger partial charge in [-0.25, -0.2) is 0 Å². The molecule has 2 heterocycles. The maximum atomic E-state index is 5.32. The molecule has 20 heavy (non-hydrogen) atoms. The van der Waals surface area contributed by atoms with E-state index in [-0.39, 0.29) is 0 Å². The lowest BCUT2D eigenvalue weighted by Crippen LogP contribution is -2.02. The van der Waals surface area contributed by atoms with Crippen molar-refractivity contribution in [3.05, 3.63) is 30.5 Å². The second-order valence-corrected chi connectivity index (χ2v) is 4.10. The first kappa shape index (κ1) is 12.2. The van der Waals surface area contributed by atoms with E-state index in [1.165, 1.54) is 0 Å². The van der Waals surface area contributed by atoms with Crippen molar-refractivity contribution < 1.29 is 4.74 Å². The average Bonchev–Trinajstić information content (AvgIpc) is 2.96. The van der Waals surface area contributed by atoms with Crippen LogP contribution in [0.5, 0.6) is 5.75 Å². The van der Waals surface area contributed by atoms with Gasteiger partial charge < -0.3 is 15.4 Å². The third kappa shape index (κ3) is 2.09. The van der Waals surface area contributed by atoms with Crippen LogP contribution in [0.1, 0.15) is 0 Å². The molecule has 0 aliphatic carbocycles. The summed E-state index contributed by atoms with van der Waals surface area (Å²) in [7, 11) is 3.40. The lowest BCUT2D eigenvalue weighted by molar-refractivity contribution is 0.417. The number of nitrogens with zero attached hydrogens (tertiary/aromatic N) is 3. The van der Waals surface area contributed by atoms with Gasteiger partial charge >= 0.3 is 0 Å².